The first kappa shape index (κ1) is 19.7. The van der Waals surface area contributed by atoms with Crippen LogP contribution in [-0.4, -0.2) is 33.1 Å². The largest absolute Gasteiger partial charge is 0.333 e. The molecule has 0 fully saturated rings. The lowest BCUT2D eigenvalue weighted by molar-refractivity contribution is 1.43. The maximum atomic E-state index is 4.50. The molecule has 0 spiro atoms. The van der Waals surface area contributed by atoms with Gasteiger partial charge in [-0.25, -0.2) is 0 Å². The van der Waals surface area contributed by atoms with Gasteiger partial charge in [-0.1, -0.05) is 48.6 Å². The van der Waals surface area contributed by atoms with Crippen LogP contribution in [0.5, 0.6) is 0 Å². The Morgan fingerprint density at radius 3 is 2.00 bits per heavy atom. The van der Waals surface area contributed by atoms with Gasteiger partial charge in [-0.3, -0.25) is 9.98 Å². The molecule has 22 heavy (non-hydrogen) atoms. The van der Waals surface area contributed by atoms with Crippen LogP contribution in [0.15, 0.2) is 64.6 Å². The van der Waals surface area contributed by atoms with Gasteiger partial charge in [0, 0.05) is 20.3 Å². The van der Waals surface area contributed by atoms with Gasteiger partial charge < -0.3 is 5.73 Å². The smallest absolute Gasteiger partial charge is 0.0643 e. The Balaban J connectivity index is 0.00000211. The number of aliphatic imine (C=N–C) groups is 2. The minimum absolute atomic E-state index is 0.950. The number of rotatable bonds is 5. The third-order valence-electron chi connectivity index (χ3n) is 2.86. The lowest BCUT2D eigenvalue weighted by atomic mass is 10.0. The zero-order valence-corrected chi connectivity index (χ0v) is 14.3. The predicted octanol–water partition coefficient (Wildman–Crippen LogP) is 3.92. The van der Waals surface area contributed by atoms with E-state index in [9.17, 15) is 0 Å². The highest BCUT2D eigenvalue weighted by Gasteiger charge is 2.01. The van der Waals surface area contributed by atoms with Gasteiger partial charge in [-0.2, -0.15) is 0 Å². The highest BCUT2D eigenvalue weighted by atomic mass is 14.7. The molecule has 1 rings (SSSR count). The summed E-state index contributed by atoms with van der Waals surface area (Å²) in [6.07, 6.45) is 7.88. The predicted molar refractivity (Wildman–Crippen MR) is 101 cm³/mol. The van der Waals surface area contributed by atoms with Crippen LogP contribution >= 0.6 is 0 Å². The van der Waals surface area contributed by atoms with Crippen molar-refractivity contribution in [2.24, 2.45) is 15.7 Å². The van der Waals surface area contributed by atoms with Crippen molar-refractivity contribution >= 4 is 17.5 Å². The summed E-state index contributed by atoms with van der Waals surface area (Å²) in [5, 5.41) is 0. The third kappa shape index (κ3) is 6.46. The maximum absolute atomic E-state index is 4.50. The fourth-order valence-corrected chi connectivity index (χ4v) is 1.81. The van der Waals surface area contributed by atoms with Crippen molar-refractivity contribution in [3.63, 3.8) is 0 Å². The van der Waals surface area contributed by atoms with Crippen LogP contribution < -0.4 is 5.73 Å². The first-order valence-electron chi connectivity index (χ1n) is 7.19. The lowest BCUT2D eigenvalue weighted by Crippen LogP contribution is -1.97. The van der Waals surface area contributed by atoms with E-state index in [0.29, 0.717) is 0 Å². The average molecular weight is 297 g/mol. The summed E-state index contributed by atoms with van der Waals surface area (Å²) in [6, 6.07) is 8.33. The van der Waals surface area contributed by atoms with Gasteiger partial charge >= 0.3 is 0 Å². The Bertz CT molecular complexity index is 573. The molecule has 118 valence electrons. The molecule has 0 radical (unpaired) electrons. The fraction of sp³-hybridized carbons (Fsp3) is 0.263. The number of hydrogen-bond acceptors (Lipinski definition) is 3. The molecule has 0 heterocycles. The van der Waals surface area contributed by atoms with Crippen molar-refractivity contribution in [3.05, 3.63) is 65.8 Å². The van der Waals surface area contributed by atoms with Crippen LogP contribution in [0.25, 0.3) is 5.57 Å². The van der Waals surface area contributed by atoms with E-state index in [1.807, 2.05) is 32.2 Å². The zero-order valence-electron chi connectivity index (χ0n) is 14.3. The molecule has 2 N–H and O–H groups in total. The Morgan fingerprint density at radius 1 is 1.05 bits per heavy atom. The topological polar surface area (TPSA) is 50.7 Å². The van der Waals surface area contributed by atoms with Crippen molar-refractivity contribution in [2.75, 3.05) is 21.1 Å². The number of hydrogen-bond donors (Lipinski definition) is 1. The van der Waals surface area contributed by atoms with Crippen LogP contribution in [0, 0.1) is 0 Å². The van der Waals surface area contributed by atoms with E-state index in [1.54, 1.807) is 14.1 Å². The third-order valence-corrected chi connectivity index (χ3v) is 2.86. The van der Waals surface area contributed by atoms with Gasteiger partial charge in [0.15, 0.2) is 0 Å². The van der Waals surface area contributed by atoms with Crippen molar-refractivity contribution in [2.45, 2.75) is 13.8 Å². The van der Waals surface area contributed by atoms with Gasteiger partial charge in [0.05, 0.1) is 5.71 Å². The molecule has 0 aromatic heterocycles. The van der Waals surface area contributed by atoms with Crippen LogP contribution in [-0.2, 0) is 0 Å². The summed E-state index contributed by atoms with van der Waals surface area (Å²) in [7, 11) is 5.08. The highest BCUT2D eigenvalue weighted by Crippen LogP contribution is 2.14. The quantitative estimate of drug-likeness (QED) is 0.650. The average Bonchev–Trinajstić information content (AvgIpc) is 2.55. The van der Waals surface area contributed by atoms with E-state index in [0.717, 1.165) is 28.0 Å². The van der Waals surface area contributed by atoms with Crippen molar-refractivity contribution < 1.29 is 0 Å². The highest BCUT2D eigenvalue weighted by molar-refractivity contribution is 6.11. The molecule has 0 aliphatic heterocycles. The number of allylic oxidation sites excluding steroid dienone is 5. The van der Waals surface area contributed by atoms with Gasteiger partial charge in [0.25, 0.3) is 0 Å². The molecule has 1 aromatic carbocycles. The van der Waals surface area contributed by atoms with Crippen molar-refractivity contribution in [1.82, 2.24) is 0 Å². The van der Waals surface area contributed by atoms with Crippen LogP contribution in [0.1, 0.15) is 25.0 Å². The van der Waals surface area contributed by atoms with E-state index in [1.165, 1.54) is 7.05 Å². The number of nitrogens with two attached hydrogens (primary N) is 1. The molecule has 0 bridgehead atoms. The van der Waals surface area contributed by atoms with E-state index < -0.39 is 0 Å². The molecular formula is C19H27N3. The number of benzene rings is 1. The summed E-state index contributed by atoms with van der Waals surface area (Å²) in [4.78, 5) is 8.38. The van der Waals surface area contributed by atoms with Gasteiger partial charge in [-0.05, 0) is 43.7 Å². The second-order valence-electron chi connectivity index (χ2n) is 4.50. The molecule has 0 unspecified atom stereocenters. The standard InChI is InChI=1S/C18H22N2.CH5N/c1-6-15(13-19-4)16-8-10-17(11-9-16)18(20-5)12-7-14(2)3;1-2/h6-13H,2H2,1,3-5H3;2H2,1H3/b12-7+,15-6+,19-13?,20-18?;. The Labute approximate surface area is 134 Å². The monoisotopic (exact) mass is 297 g/mol. The van der Waals surface area contributed by atoms with Crippen molar-refractivity contribution in [3.8, 4) is 0 Å². The molecule has 0 aliphatic carbocycles. The first-order valence-corrected chi connectivity index (χ1v) is 7.19. The summed E-state index contributed by atoms with van der Waals surface area (Å²) >= 11 is 0. The molecular weight excluding hydrogens is 270 g/mol. The Hall–Kier alpha value is -2.26. The van der Waals surface area contributed by atoms with Crippen LogP contribution in [0.2, 0.25) is 0 Å². The van der Waals surface area contributed by atoms with E-state index in [2.05, 4.69) is 52.6 Å². The Kier molecular flexibility index (Phi) is 10.2. The molecule has 0 aliphatic rings. The second kappa shape index (κ2) is 11.4. The molecule has 0 atom stereocenters. The number of nitrogens with zero attached hydrogens (tertiary/aromatic N) is 2. The van der Waals surface area contributed by atoms with E-state index in [-0.39, 0.29) is 0 Å². The molecule has 0 saturated heterocycles. The van der Waals surface area contributed by atoms with Crippen LogP contribution in [0.3, 0.4) is 0 Å². The zero-order chi connectivity index (χ0) is 17.0. The summed E-state index contributed by atoms with van der Waals surface area (Å²) in [6.45, 7) is 7.84. The normalized spacial score (nSPS) is 12.5. The molecule has 0 saturated carbocycles. The van der Waals surface area contributed by atoms with Gasteiger partial charge in [0.1, 0.15) is 0 Å². The SMILES string of the molecule is C=C(C)/C=C/C(=NC)c1ccc(/C(C=NC)=C/C)cc1.CN. The summed E-state index contributed by atoms with van der Waals surface area (Å²) in [5.41, 5.74) is 9.83. The second-order valence-corrected chi connectivity index (χ2v) is 4.50. The fourth-order valence-electron chi connectivity index (χ4n) is 1.81. The molecule has 0 amide bonds. The summed E-state index contributed by atoms with van der Waals surface area (Å²) in [5.74, 6) is 0. The van der Waals surface area contributed by atoms with Crippen LogP contribution in [0.4, 0.5) is 0 Å². The van der Waals surface area contributed by atoms with Gasteiger partial charge in [0.2, 0.25) is 0 Å². The molecule has 3 nitrogen and oxygen atoms in total. The van der Waals surface area contributed by atoms with Gasteiger partial charge in [-0.15, -0.1) is 0 Å². The molecule has 1 aromatic rings. The molecule has 3 heteroatoms. The Morgan fingerprint density at radius 2 is 1.59 bits per heavy atom. The van der Waals surface area contributed by atoms with E-state index in [4.69, 9.17) is 0 Å². The minimum Gasteiger partial charge on any atom is -0.333 e. The lowest BCUT2D eigenvalue weighted by Gasteiger charge is -2.05. The summed E-state index contributed by atoms with van der Waals surface area (Å²) < 4.78 is 0. The van der Waals surface area contributed by atoms with Crippen molar-refractivity contribution in [1.29, 1.82) is 0 Å². The minimum atomic E-state index is 0.950. The first-order chi connectivity index (χ1) is 10.6. The van der Waals surface area contributed by atoms with E-state index >= 15 is 0 Å². The maximum Gasteiger partial charge on any atom is 0.0643 e.